The molecule has 0 spiro atoms. The fourth-order valence-corrected chi connectivity index (χ4v) is 3.27. The maximum Gasteiger partial charge on any atom is 0.265 e. The van der Waals surface area contributed by atoms with Crippen molar-refractivity contribution in [3.63, 3.8) is 0 Å². The molecule has 144 valence electrons. The molecular formula is C23H18FN3O2. The first-order valence-electron chi connectivity index (χ1n) is 9.10. The topological polar surface area (TPSA) is 64.0 Å². The van der Waals surface area contributed by atoms with Crippen LogP contribution in [0.5, 0.6) is 0 Å². The number of aryl methyl sites for hydroxylation is 2. The normalized spacial score (nSPS) is 10.9. The lowest BCUT2D eigenvalue weighted by molar-refractivity contribution is 0.102. The Kier molecular flexibility index (Phi) is 4.68. The summed E-state index contributed by atoms with van der Waals surface area (Å²) in [6, 6.07) is 17.9. The average Bonchev–Trinajstić information content (AvgIpc) is 2.70. The van der Waals surface area contributed by atoms with Gasteiger partial charge < -0.3 is 5.32 Å². The summed E-state index contributed by atoms with van der Waals surface area (Å²) in [7, 11) is 0. The molecule has 1 N–H and O–H groups in total. The van der Waals surface area contributed by atoms with E-state index in [9.17, 15) is 14.0 Å². The minimum atomic E-state index is -0.396. The molecule has 1 aromatic heterocycles. The number of para-hydroxylation sites is 1. The van der Waals surface area contributed by atoms with Gasteiger partial charge in [0.1, 0.15) is 11.6 Å². The average molecular weight is 387 g/mol. The van der Waals surface area contributed by atoms with E-state index in [-0.39, 0.29) is 11.5 Å². The third-order valence-electron chi connectivity index (χ3n) is 4.77. The van der Waals surface area contributed by atoms with Crippen molar-refractivity contribution in [3.8, 4) is 5.69 Å². The number of benzene rings is 3. The molecule has 0 aliphatic rings. The van der Waals surface area contributed by atoms with Crippen LogP contribution >= 0.6 is 0 Å². The highest BCUT2D eigenvalue weighted by Crippen LogP contribution is 2.21. The van der Waals surface area contributed by atoms with Crippen molar-refractivity contribution in [2.45, 2.75) is 13.8 Å². The molecule has 29 heavy (non-hydrogen) atoms. The summed E-state index contributed by atoms with van der Waals surface area (Å²) in [5.41, 5.74) is 2.95. The minimum Gasteiger partial charge on any atom is -0.322 e. The summed E-state index contributed by atoms with van der Waals surface area (Å²) in [5.74, 6) is -0.148. The van der Waals surface area contributed by atoms with Crippen LogP contribution in [-0.2, 0) is 0 Å². The number of fused-ring (bicyclic) bond motifs is 1. The molecule has 0 saturated heterocycles. The number of halogens is 1. The van der Waals surface area contributed by atoms with Crippen LogP contribution in [0.3, 0.4) is 0 Å². The monoisotopic (exact) mass is 387 g/mol. The van der Waals surface area contributed by atoms with Crippen LogP contribution in [0.2, 0.25) is 0 Å². The largest absolute Gasteiger partial charge is 0.322 e. The van der Waals surface area contributed by atoms with Gasteiger partial charge in [0, 0.05) is 11.3 Å². The van der Waals surface area contributed by atoms with Crippen LogP contribution in [0, 0.1) is 19.7 Å². The number of hydrogen-bond donors (Lipinski definition) is 1. The van der Waals surface area contributed by atoms with Crippen LogP contribution in [0.4, 0.5) is 10.1 Å². The Bertz CT molecular complexity index is 1290. The van der Waals surface area contributed by atoms with Gasteiger partial charge in [-0.25, -0.2) is 9.37 Å². The zero-order valence-corrected chi connectivity index (χ0v) is 15.9. The number of nitrogens with one attached hydrogen (secondary N) is 1. The van der Waals surface area contributed by atoms with Crippen molar-refractivity contribution in [1.29, 1.82) is 0 Å². The second-order valence-corrected chi connectivity index (χ2v) is 6.78. The second-order valence-electron chi connectivity index (χ2n) is 6.78. The van der Waals surface area contributed by atoms with Gasteiger partial charge in [-0.3, -0.25) is 14.2 Å². The number of carbonyl (C=O) groups excluding carboxylic acids is 1. The summed E-state index contributed by atoms with van der Waals surface area (Å²) in [6.07, 6.45) is 0. The number of rotatable bonds is 3. The van der Waals surface area contributed by atoms with Crippen molar-refractivity contribution in [2.24, 2.45) is 0 Å². The fourth-order valence-electron chi connectivity index (χ4n) is 3.27. The van der Waals surface area contributed by atoms with Gasteiger partial charge in [-0.2, -0.15) is 0 Å². The van der Waals surface area contributed by atoms with E-state index in [1.165, 1.54) is 24.3 Å². The first-order chi connectivity index (χ1) is 13.9. The van der Waals surface area contributed by atoms with Crippen molar-refractivity contribution in [3.05, 3.63) is 99.9 Å². The van der Waals surface area contributed by atoms with Crippen molar-refractivity contribution in [1.82, 2.24) is 9.55 Å². The summed E-state index contributed by atoms with van der Waals surface area (Å²) in [4.78, 5) is 29.9. The minimum absolute atomic E-state index is 0.143. The number of hydrogen-bond acceptors (Lipinski definition) is 3. The van der Waals surface area contributed by atoms with Gasteiger partial charge in [-0.15, -0.1) is 0 Å². The van der Waals surface area contributed by atoms with Crippen molar-refractivity contribution in [2.75, 3.05) is 5.32 Å². The first kappa shape index (κ1) is 18.6. The summed E-state index contributed by atoms with van der Waals surface area (Å²) >= 11 is 0. The molecule has 0 atom stereocenters. The zero-order valence-electron chi connectivity index (χ0n) is 15.9. The lowest BCUT2D eigenvalue weighted by Crippen LogP contribution is -2.22. The highest BCUT2D eigenvalue weighted by Gasteiger charge is 2.12. The number of amides is 1. The highest BCUT2D eigenvalue weighted by atomic mass is 19.1. The SMILES string of the molecule is Cc1cc(-n2c(C)nc3ccccc3c2=O)ccc1NC(=O)c1ccc(F)cc1. The predicted octanol–water partition coefficient (Wildman–Crippen LogP) is 4.39. The lowest BCUT2D eigenvalue weighted by atomic mass is 10.1. The van der Waals surface area contributed by atoms with Crippen molar-refractivity contribution < 1.29 is 9.18 Å². The van der Waals surface area contributed by atoms with Gasteiger partial charge in [0.05, 0.1) is 16.6 Å². The van der Waals surface area contributed by atoms with E-state index in [1.807, 2.05) is 31.2 Å². The smallest absolute Gasteiger partial charge is 0.265 e. The molecule has 0 bridgehead atoms. The molecule has 0 radical (unpaired) electrons. The fraction of sp³-hybridized carbons (Fsp3) is 0.0870. The van der Waals surface area contributed by atoms with Gasteiger partial charge >= 0.3 is 0 Å². The molecule has 4 aromatic rings. The van der Waals surface area contributed by atoms with Crippen molar-refractivity contribution >= 4 is 22.5 Å². The maximum absolute atomic E-state index is 13.0. The molecule has 5 nitrogen and oxygen atoms in total. The van der Waals surface area contributed by atoms with E-state index >= 15 is 0 Å². The Morgan fingerprint density at radius 2 is 1.72 bits per heavy atom. The highest BCUT2D eigenvalue weighted by molar-refractivity contribution is 6.04. The molecule has 0 saturated carbocycles. The number of anilines is 1. The van der Waals surface area contributed by atoms with E-state index in [1.54, 1.807) is 29.7 Å². The summed E-state index contributed by atoms with van der Waals surface area (Å²) in [5, 5.41) is 3.36. The van der Waals surface area contributed by atoms with Gasteiger partial charge in [-0.1, -0.05) is 12.1 Å². The van der Waals surface area contributed by atoms with Gasteiger partial charge in [0.25, 0.3) is 11.5 Å². The summed E-state index contributed by atoms with van der Waals surface area (Å²) in [6.45, 7) is 3.63. The predicted molar refractivity (Wildman–Crippen MR) is 111 cm³/mol. The Balaban J connectivity index is 1.69. The summed E-state index contributed by atoms with van der Waals surface area (Å²) < 4.78 is 14.6. The molecular weight excluding hydrogens is 369 g/mol. The van der Waals surface area contributed by atoms with E-state index < -0.39 is 5.82 Å². The molecule has 4 rings (SSSR count). The van der Waals surface area contributed by atoms with E-state index in [0.29, 0.717) is 33.7 Å². The third kappa shape index (κ3) is 3.52. The van der Waals surface area contributed by atoms with Crippen LogP contribution < -0.4 is 10.9 Å². The molecule has 0 unspecified atom stereocenters. The first-order valence-corrected chi connectivity index (χ1v) is 9.10. The van der Waals surface area contributed by atoms with Gasteiger partial charge in [-0.05, 0) is 74.0 Å². The molecule has 0 aliphatic carbocycles. The number of nitrogens with zero attached hydrogens (tertiary/aromatic N) is 2. The Labute approximate surface area is 166 Å². The van der Waals surface area contributed by atoms with Gasteiger partial charge in [0.2, 0.25) is 0 Å². The standard InChI is InChI=1S/C23H18FN3O2/c1-14-13-18(27-15(2)25-21-6-4-3-5-19(21)23(27)29)11-12-20(14)26-22(28)16-7-9-17(24)10-8-16/h3-13H,1-2H3,(H,26,28). The lowest BCUT2D eigenvalue weighted by Gasteiger charge is -2.14. The van der Waals surface area contributed by atoms with Crippen LogP contribution in [0.25, 0.3) is 16.6 Å². The maximum atomic E-state index is 13.0. The number of aromatic nitrogens is 2. The molecule has 3 aromatic carbocycles. The third-order valence-corrected chi connectivity index (χ3v) is 4.77. The van der Waals surface area contributed by atoms with Crippen LogP contribution in [-0.4, -0.2) is 15.5 Å². The quantitative estimate of drug-likeness (QED) is 0.567. The zero-order chi connectivity index (χ0) is 20.5. The van der Waals surface area contributed by atoms with E-state index in [0.717, 1.165) is 5.56 Å². The molecule has 1 amide bonds. The van der Waals surface area contributed by atoms with Gasteiger partial charge in [0.15, 0.2) is 0 Å². The molecule has 6 heteroatoms. The Morgan fingerprint density at radius 1 is 1.00 bits per heavy atom. The molecule has 0 aliphatic heterocycles. The molecule has 0 fully saturated rings. The number of carbonyl (C=O) groups is 1. The Morgan fingerprint density at radius 3 is 2.45 bits per heavy atom. The van der Waals surface area contributed by atoms with Crippen LogP contribution in [0.15, 0.2) is 71.5 Å². The van der Waals surface area contributed by atoms with Crippen LogP contribution in [0.1, 0.15) is 21.7 Å². The second kappa shape index (κ2) is 7.31. The Hall–Kier alpha value is -3.80. The molecule has 1 heterocycles. The van der Waals surface area contributed by atoms with E-state index in [2.05, 4.69) is 10.3 Å². The van der Waals surface area contributed by atoms with E-state index in [4.69, 9.17) is 0 Å².